The Morgan fingerprint density at radius 2 is 1.89 bits per heavy atom. The maximum Gasteiger partial charge on any atom is 0.251 e. The molecule has 0 saturated carbocycles. The predicted molar refractivity (Wildman–Crippen MR) is 126 cm³/mol. The van der Waals surface area contributed by atoms with Gasteiger partial charge in [0.15, 0.2) is 5.96 Å². The number of thiophene rings is 1. The first-order valence-corrected chi connectivity index (χ1v) is 9.74. The number of benzene rings is 1. The van der Waals surface area contributed by atoms with Crippen LogP contribution >= 0.6 is 35.3 Å². The Morgan fingerprint density at radius 1 is 1.18 bits per heavy atom. The van der Waals surface area contributed by atoms with Crippen LogP contribution in [0.4, 0.5) is 4.39 Å². The Hall–Kier alpha value is -1.68. The molecule has 8 heteroatoms. The van der Waals surface area contributed by atoms with E-state index in [1.165, 1.54) is 10.9 Å². The van der Waals surface area contributed by atoms with Crippen molar-refractivity contribution < 1.29 is 9.18 Å². The number of halogens is 2. The molecular weight excluding hydrogens is 490 g/mol. The van der Waals surface area contributed by atoms with Gasteiger partial charge in [0.1, 0.15) is 5.82 Å². The molecular formula is C20H28FIN4OS. The van der Waals surface area contributed by atoms with Crippen molar-refractivity contribution in [3.63, 3.8) is 0 Å². The average molecular weight is 518 g/mol. The largest absolute Gasteiger partial charge is 0.356 e. The third-order valence-electron chi connectivity index (χ3n) is 4.25. The molecule has 1 aromatic carbocycles. The molecule has 2 aromatic rings. The van der Waals surface area contributed by atoms with E-state index < -0.39 is 0 Å². The normalized spacial score (nSPS) is 11.5. The quantitative estimate of drug-likeness (QED) is 0.227. The first-order valence-electron chi connectivity index (χ1n) is 8.86. The molecule has 0 unspecified atom stereocenters. The molecule has 3 N–H and O–H groups in total. The zero-order valence-corrected chi connectivity index (χ0v) is 19.8. The molecule has 0 aliphatic rings. The topological polar surface area (TPSA) is 65.5 Å². The summed E-state index contributed by atoms with van der Waals surface area (Å²) in [7, 11) is 1.71. The van der Waals surface area contributed by atoms with Gasteiger partial charge in [0.25, 0.3) is 5.91 Å². The van der Waals surface area contributed by atoms with Gasteiger partial charge < -0.3 is 16.0 Å². The van der Waals surface area contributed by atoms with E-state index >= 15 is 0 Å². The summed E-state index contributed by atoms with van der Waals surface area (Å²) in [4.78, 5) is 17.6. The summed E-state index contributed by atoms with van der Waals surface area (Å²) < 4.78 is 13.5. The molecule has 0 spiro atoms. The van der Waals surface area contributed by atoms with Gasteiger partial charge in [0.05, 0.1) is 0 Å². The molecule has 0 aliphatic carbocycles. The van der Waals surface area contributed by atoms with Crippen LogP contribution in [0.3, 0.4) is 0 Å². The van der Waals surface area contributed by atoms with Crippen LogP contribution in [0.15, 0.2) is 40.7 Å². The van der Waals surface area contributed by atoms with E-state index in [0.717, 1.165) is 6.54 Å². The van der Waals surface area contributed by atoms with Crippen LogP contribution in [0.2, 0.25) is 0 Å². The lowest BCUT2D eigenvalue weighted by atomic mass is 9.91. The van der Waals surface area contributed by atoms with E-state index in [4.69, 9.17) is 0 Å². The van der Waals surface area contributed by atoms with Gasteiger partial charge in [-0.15, -0.1) is 35.3 Å². The van der Waals surface area contributed by atoms with Crippen LogP contribution in [-0.4, -0.2) is 38.5 Å². The van der Waals surface area contributed by atoms with E-state index in [2.05, 4.69) is 52.3 Å². The Balaban J connectivity index is 0.00000392. The number of aliphatic imine (C=N–C) groups is 1. The summed E-state index contributed by atoms with van der Waals surface area (Å²) in [5.41, 5.74) is 0.835. The maximum absolute atomic E-state index is 13.5. The maximum atomic E-state index is 13.5. The molecule has 0 atom stereocenters. The number of guanidine groups is 1. The second-order valence-corrected chi connectivity index (χ2v) is 7.88. The van der Waals surface area contributed by atoms with E-state index in [0.29, 0.717) is 30.2 Å². The van der Waals surface area contributed by atoms with Crippen molar-refractivity contribution in [3.05, 3.63) is 57.5 Å². The van der Waals surface area contributed by atoms with E-state index in [1.54, 1.807) is 37.4 Å². The number of rotatable bonds is 7. The molecule has 1 aromatic heterocycles. The van der Waals surface area contributed by atoms with Crippen LogP contribution < -0.4 is 16.0 Å². The lowest BCUT2D eigenvalue weighted by Gasteiger charge is -2.25. The fourth-order valence-corrected chi connectivity index (χ4v) is 3.32. The van der Waals surface area contributed by atoms with Crippen LogP contribution in [0, 0.1) is 12.7 Å². The van der Waals surface area contributed by atoms with Gasteiger partial charge >= 0.3 is 0 Å². The van der Waals surface area contributed by atoms with Crippen molar-refractivity contribution in [2.24, 2.45) is 4.99 Å². The van der Waals surface area contributed by atoms with Crippen molar-refractivity contribution in [1.82, 2.24) is 16.0 Å². The summed E-state index contributed by atoms with van der Waals surface area (Å²) in [5, 5.41) is 11.3. The summed E-state index contributed by atoms with van der Waals surface area (Å²) >= 11 is 1.74. The Morgan fingerprint density at radius 3 is 2.50 bits per heavy atom. The highest BCUT2D eigenvalue weighted by atomic mass is 127. The number of nitrogens with zero attached hydrogens (tertiary/aromatic N) is 1. The van der Waals surface area contributed by atoms with Crippen LogP contribution in [-0.2, 0) is 5.41 Å². The lowest BCUT2D eigenvalue weighted by molar-refractivity contribution is 0.0954. The molecule has 0 saturated heterocycles. The number of carbonyl (C=O) groups excluding carboxylic acids is 1. The zero-order chi connectivity index (χ0) is 19.9. The monoisotopic (exact) mass is 518 g/mol. The molecule has 0 bridgehead atoms. The molecule has 1 amide bonds. The van der Waals surface area contributed by atoms with E-state index in [1.807, 2.05) is 0 Å². The second-order valence-electron chi connectivity index (χ2n) is 6.93. The van der Waals surface area contributed by atoms with E-state index in [-0.39, 0.29) is 41.1 Å². The lowest BCUT2D eigenvalue weighted by Crippen LogP contribution is -2.45. The van der Waals surface area contributed by atoms with Gasteiger partial charge in [-0.2, -0.15) is 0 Å². The molecule has 1 heterocycles. The average Bonchev–Trinajstić information content (AvgIpc) is 3.19. The number of amides is 1. The molecule has 0 fully saturated rings. The van der Waals surface area contributed by atoms with Crippen molar-refractivity contribution >= 4 is 47.2 Å². The second kappa shape index (κ2) is 11.4. The van der Waals surface area contributed by atoms with Crippen molar-refractivity contribution in [3.8, 4) is 0 Å². The third kappa shape index (κ3) is 7.05. The van der Waals surface area contributed by atoms with Crippen molar-refractivity contribution in [2.75, 3.05) is 26.7 Å². The first-order chi connectivity index (χ1) is 12.8. The van der Waals surface area contributed by atoms with Gasteiger partial charge in [-0.05, 0) is 36.1 Å². The smallest absolute Gasteiger partial charge is 0.251 e. The SMILES string of the molecule is CN=C(NCCNC(=O)c1ccc(C)c(F)c1)NCC(C)(C)c1cccs1.I. The first kappa shape index (κ1) is 24.4. The molecule has 0 radical (unpaired) electrons. The van der Waals surface area contributed by atoms with Crippen LogP contribution in [0.25, 0.3) is 0 Å². The number of nitrogens with one attached hydrogen (secondary N) is 3. The van der Waals surface area contributed by atoms with Crippen molar-refractivity contribution in [1.29, 1.82) is 0 Å². The zero-order valence-electron chi connectivity index (χ0n) is 16.6. The molecule has 28 heavy (non-hydrogen) atoms. The number of hydrogen-bond acceptors (Lipinski definition) is 3. The number of hydrogen-bond donors (Lipinski definition) is 3. The minimum Gasteiger partial charge on any atom is -0.356 e. The number of aryl methyl sites for hydroxylation is 1. The summed E-state index contributed by atoms with van der Waals surface area (Å²) in [6, 6.07) is 8.66. The van der Waals surface area contributed by atoms with Gasteiger partial charge in [-0.1, -0.05) is 26.0 Å². The highest BCUT2D eigenvalue weighted by Gasteiger charge is 2.21. The summed E-state index contributed by atoms with van der Waals surface area (Å²) in [6.07, 6.45) is 0. The van der Waals surface area contributed by atoms with Crippen LogP contribution in [0.1, 0.15) is 34.6 Å². The van der Waals surface area contributed by atoms with Crippen LogP contribution in [0.5, 0.6) is 0 Å². The molecule has 5 nitrogen and oxygen atoms in total. The van der Waals surface area contributed by atoms with Crippen molar-refractivity contribution in [2.45, 2.75) is 26.2 Å². The molecule has 2 rings (SSSR count). The molecule has 154 valence electrons. The van der Waals surface area contributed by atoms with Gasteiger partial charge in [-0.3, -0.25) is 9.79 Å². The summed E-state index contributed by atoms with van der Waals surface area (Å²) in [5.74, 6) is 0.00599. The highest BCUT2D eigenvalue weighted by Crippen LogP contribution is 2.26. The Kier molecular flexibility index (Phi) is 9.88. The standard InChI is InChI=1S/C20H27FN4OS.HI/c1-14-7-8-15(12-16(14)21)18(26)23-9-10-24-19(22-4)25-13-20(2,3)17-6-5-11-27-17;/h5-8,11-12H,9-10,13H2,1-4H3,(H,23,26)(H2,22,24,25);1H. The van der Waals surface area contributed by atoms with Gasteiger partial charge in [0, 0.05) is 42.5 Å². The third-order valence-corrected chi connectivity index (χ3v) is 5.48. The highest BCUT2D eigenvalue weighted by molar-refractivity contribution is 14.0. The minimum absolute atomic E-state index is 0. The fraction of sp³-hybridized carbons (Fsp3) is 0.400. The summed E-state index contributed by atoms with van der Waals surface area (Å²) in [6.45, 7) is 7.68. The molecule has 0 aliphatic heterocycles. The predicted octanol–water partition coefficient (Wildman–Crippen LogP) is 3.69. The van der Waals surface area contributed by atoms with Gasteiger partial charge in [0.2, 0.25) is 0 Å². The van der Waals surface area contributed by atoms with Gasteiger partial charge in [-0.25, -0.2) is 4.39 Å². The Labute approximate surface area is 187 Å². The van der Waals surface area contributed by atoms with E-state index in [9.17, 15) is 9.18 Å². The Bertz CT molecular complexity index is 794. The fourth-order valence-electron chi connectivity index (χ4n) is 2.47. The minimum atomic E-state index is -0.376. The number of carbonyl (C=O) groups is 1.